The van der Waals surface area contributed by atoms with Gasteiger partial charge in [-0.25, -0.2) is 9.59 Å². The van der Waals surface area contributed by atoms with Crippen LogP contribution in [0.2, 0.25) is 0 Å². The van der Waals surface area contributed by atoms with E-state index in [0.29, 0.717) is 13.0 Å². The molecule has 0 aliphatic rings. The maximum absolute atomic E-state index is 11.5. The summed E-state index contributed by atoms with van der Waals surface area (Å²) in [5.41, 5.74) is 0. The lowest BCUT2D eigenvalue weighted by atomic mass is 10.2. The van der Waals surface area contributed by atoms with Gasteiger partial charge in [0, 0.05) is 19.3 Å². The lowest BCUT2D eigenvalue weighted by Crippen LogP contribution is -2.46. The Morgan fingerprint density at radius 2 is 2.13 bits per heavy atom. The molecule has 0 heterocycles. The largest absolute Gasteiger partial charge is 0.480 e. The van der Waals surface area contributed by atoms with Crippen molar-refractivity contribution in [2.45, 2.75) is 19.4 Å². The van der Waals surface area contributed by atoms with Crippen LogP contribution in [0.5, 0.6) is 0 Å². The summed E-state index contributed by atoms with van der Waals surface area (Å²) in [5.74, 6) is -0.155. The summed E-state index contributed by atoms with van der Waals surface area (Å²) in [6.45, 7) is 2.34. The number of carbonyl (C=O) groups excluding carboxylic acids is 1. The second-order valence-corrected chi connectivity index (χ2v) is 4.15. The van der Waals surface area contributed by atoms with E-state index in [2.05, 4.69) is 5.32 Å². The molecule has 0 aromatic rings. The minimum absolute atomic E-state index is 0.335. The quantitative estimate of drug-likeness (QED) is 0.715. The number of aliphatic carboxylic acids is 1. The van der Waals surface area contributed by atoms with Crippen LogP contribution < -0.4 is 5.32 Å². The highest BCUT2D eigenvalue weighted by Gasteiger charge is 2.19. The van der Waals surface area contributed by atoms with Crippen LogP contribution in [0, 0.1) is 0 Å². The van der Waals surface area contributed by atoms with Crippen molar-refractivity contribution in [1.82, 2.24) is 10.2 Å². The van der Waals surface area contributed by atoms with Gasteiger partial charge in [0.25, 0.3) is 0 Å². The lowest BCUT2D eigenvalue weighted by molar-refractivity contribution is -0.139. The van der Waals surface area contributed by atoms with Crippen molar-refractivity contribution >= 4 is 23.8 Å². The molecule has 0 saturated carbocycles. The highest BCUT2D eigenvalue weighted by Crippen LogP contribution is 1.96. The number of rotatable bonds is 6. The number of amides is 2. The Hall–Kier alpha value is -0.910. The van der Waals surface area contributed by atoms with Gasteiger partial charge in [-0.2, -0.15) is 11.8 Å². The van der Waals surface area contributed by atoms with E-state index in [1.54, 1.807) is 25.7 Å². The van der Waals surface area contributed by atoms with E-state index in [0.717, 1.165) is 5.75 Å². The summed E-state index contributed by atoms with van der Waals surface area (Å²) in [4.78, 5) is 23.6. The van der Waals surface area contributed by atoms with Crippen molar-refractivity contribution < 1.29 is 14.7 Å². The van der Waals surface area contributed by atoms with Crippen LogP contribution in [-0.4, -0.2) is 53.6 Å². The maximum Gasteiger partial charge on any atom is 0.326 e. The maximum atomic E-state index is 11.5. The number of carbonyl (C=O) groups is 2. The standard InChI is InChI=1S/C9H18N2O3S/c1-4-7(8(12)13)10-9(14)11(2)5-6-15-3/h7H,4-6H2,1-3H3,(H,10,14)(H,12,13)/t7-/m1/s1. The molecule has 88 valence electrons. The van der Waals surface area contributed by atoms with Crippen molar-refractivity contribution in [3.63, 3.8) is 0 Å². The molecule has 0 fully saturated rings. The zero-order valence-electron chi connectivity index (χ0n) is 9.32. The predicted octanol–water partition coefficient (Wildman–Crippen LogP) is 0.854. The summed E-state index contributed by atoms with van der Waals surface area (Å²) in [5, 5.41) is 11.2. The second-order valence-electron chi connectivity index (χ2n) is 3.16. The molecule has 0 saturated heterocycles. The van der Waals surface area contributed by atoms with E-state index in [4.69, 9.17) is 5.11 Å². The fourth-order valence-corrected chi connectivity index (χ4v) is 1.38. The summed E-state index contributed by atoms with van der Waals surface area (Å²) in [6.07, 6.45) is 2.34. The van der Waals surface area contributed by atoms with Crippen LogP contribution >= 0.6 is 11.8 Å². The number of urea groups is 1. The zero-order chi connectivity index (χ0) is 11.8. The third kappa shape index (κ3) is 5.51. The molecule has 2 N–H and O–H groups in total. The van der Waals surface area contributed by atoms with Gasteiger partial charge in [0.05, 0.1) is 0 Å². The van der Waals surface area contributed by atoms with Crippen LogP contribution in [-0.2, 0) is 4.79 Å². The van der Waals surface area contributed by atoms with Crippen molar-refractivity contribution in [2.24, 2.45) is 0 Å². The SMILES string of the molecule is CC[C@@H](NC(=O)N(C)CCSC)C(=O)O. The van der Waals surface area contributed by atoms with Gasteiger partial charge in [0.2, 0.25) is 0 Å². The first kappa shape index (κ1) is 14.1. The van der Waals surface area contributed by atoms with Crippen LogP contribution in [0.1, 0.15) is 13.3 Å². The molecule has 0 aliphatic carbocycles. The van der Waals surface area contributed by atoms with Crippen LogP contribution in [0.15, 0.2) is 0 Å². The molecular formula is C9H18N2O3S. The minimum atomic E-state index is -0.996. The number of nitrogens with one attached hydrogen (secondary N) is 1. The van der Waals surface area contributed by atoms with E-state index < -0.39 is 12.0 Å². The van der Waals surface area contributed by atoms with E-state index in [1.807, 2.05) is 6.26 Å². The zero-order valence-corrected chi connectivity index (χ0v) is 10.1. The number of thioether (sulfide) groups is 1. The lowest BCUT2D eigenvalue weighted by Gasteiger charge is -2.20. The van der Waals surface area contributed by atoms with Crippen LogP contribution in [0.3, 0.4) is 0 Å². The average molecular weight is 234 g/mol. The summed E-state index contributed by atoms with van der Waals surface area (Å²) >= 11 is 1.64. The van der Waals surface area contributed by atoms with Crippen molar-refractivity contribution in [3.8, 4) is 0 Å². The molecule has 6 heteroatoms. The predicted molar refractivity (Wildman–Crippen MR) is 61.3 cm³/mol. The number of carboxylic acid groups (broad SMARTS) is 1. The first-order chi connectivity index (χ1) is 7.02. The Balaban J connectivity index is 4.04. The molecule has 0 bridgehead atoms. The van der Waals surface area contributed by atoms with Gasteiger partial charge >= 0.3 is 12.0 Å². The van der Waals surface area contributed by atoms with Gasteiger partial charge in [-0.05, 0) is 12.7 Å². The highest BCUT2D eigenvalue weighted by atomic mass is 32.2. The fraction of sp³-hybridized carbons (Fsp3) is 0.778. The Morgan fingerprint density at radius 1 is 1.53 bits per heavy atom. The van der Waals surface area contributed by atoms with Gasteiger partial charge in [-0.1, -0.05) is 6.92 Å². The summed E-state index contributed by atoms with van der Waals surface area (Å²) < 4.78 is 0. The fourth-order valence-electron chi connectivity index (χ4n) is 0.927. The molecule has 2 amide bonds. The number of carboxylic acids is 1. The number of hydrogen-bond donors (Lipinski definition) is 2. The number of hydrogen-bond acceptors (Lipinski definition) is 3. The number of nitrogens with zero attached hydrogens (tertiary/aromatic N) is 1. The van der Waals surface area contributed by atoms with Gasteiger partial charge in [-0.15, -0.1) is 0 Å². The van der Waals surface area contributed by atoms with Gasteiger partial charge in [0.15, 0.2) is 0 Å². The third-order valence-electron chi connectivity index (χ3n) is 1.98. The molecule has 0 spiro atoms. The summed E-state index contributed by atoms with van der Waals surface area (Å²) in [7, 11) is 1.65. The average Bonchev–Trinajstić information content (AvgIpc) is 2.21. The third-order valence-corrected chi connectivity index (χ3v) is 2.57. The topological polar surface area (TPSA) is 69.6 Å². The molecule has 0 aromatic heterocycles. The highest BCUT2D eigenvalue weighted by molar-refractivity contribution is 7.98. The Bertz CT molecular complexity index is 223. The molecule has 15 heavy (non-hydrogen) atoms. The monoisotopic (exact) mass is 234 g/mol. The van der Waals surface area contributed by atoms with Gasteiger partial charge < -0.3 is 15.3 Å². The molecule has 0 unspecified atom stereocenters. The van der Waals surface area contributed by atoms with E-state index in [1.165, 1.54) is 4.90 Å². The van der Waals surface area contributed by atoms with E-state index in [-0.39, 0.29) is 6.03 Å². The normalized spacial score (nSPS) is 11.9. The van der Waals surface area contributed by atoms with Crippen molar-refractivity contribution in [2.75, 3.05) is 25.6 Å². The van der Waals surface area contributed by atoms with Crippen LogP contribution in [0.25, 0.3) is 0 Å². The second kappa shape index (κ2) is 7.39. The van der Waals surface area contributed by atoms with Crippen molar-refractivity contribution in [3.05, 3.63) is 0 Å². The Morgan fingerprint density at radius 3 is 2.53 bits per heavy atom. The van der Waals surface area contributed by atoms with Gasteiger partial charge in [0.1, 0.15) is 6.04 Å². The first-order valence-electron chi connectivity index (χ1n) is 4.76. The van der Waals surface area contributed by atoms with Crippen molar-refractivity contribution in [1.29, 1.82) is 0 Å². The Labute approximate surface area is 94.2 Å². The van der Waals surface area contributed by atoms with E-state index >= 15 is 0 Å². The molecule has 1 atom stereocenters. The van der Waals surface area contributed by atoms with E-state index in [9.17, 15) is 9.59 Å². The summed E-state index contributed by atoms with van der Waals surface area (Å²) in [6, 6.07) is -1.13. The van der Waals surface area contributed by atoms with Gasteiger partial charge in [-0.3, -0.25) is 0 Å². The smallest absolute Gasteiger partial charge is 0.326 e. The van der Waals surface area contributed by atoms with Crippen LogP contribution in [0.4, 0.5) is 4.79 Å². The molecule has 0 aliphatic heterocycles. The molecule has 5 nitrogen and oxygen atoms in total. The molecule has 0 rings (SSSR count). The molecular weight excluding hydrogens is 216 g/mol. The first-order valence-corrected chi connectivity index (χ1v) is 6.15. The molecule has 0 aromatic carbocycles. The molecule has 0 radical (unpaired) electrons. The minimum Gasteiger partial charge on any atom is -0.480 e. The Kier molecular flexibility index (Phi) is 6.94.